The molecule has 2 aromatic rings. The van der Waals surface area contributed by atoms with Crippen LogP contribution in [0.25, 0.3) is 0 Å². The van der Waals surface area contributed by atoms with Gasteiger partial charge in [0.1, 0.15) is 6.10 Å². The lowest BCUT2D eigenvalue weighted by Gasteiger charge is -2.04. The SMILES string of the molecule is O=C(CSc1n[nH]c(C2CCCO2)n1)NCCc1ccccc1. The second-order valence-corrected chi connectivity index (χ2v) is 6.32. The maximum absolute atomic E-state index is 11.8. The van der Waals surface area contributed by atoms with Gasteiger partial charge in [0, 0.05) is 13.2 Å². The molecule has 1 fully saturated rings. The first kappa shape index (κ1) is 16.0. The van der Waals surface area contributed by atoms with Crippen LogP contribution in [0.2, 0.25) is 0 Å². The first-order valence-electron chi connectivity index (χ1n) is 7.78. The molecular formula is C16H20N4O2S. The maximum atomic E-state index is 11.8. The number of nitrogens with zero attached hydrogens (tertiary/aromatic N) is 2. The molecule has 23 heavy (non-hydrogen) atoms. The topological polar surface area (TPSA) is 79.9 Å². The second kappa shape index (κ2) is 8.12. The molecule has 1 aliphatic heterocycles. The van der Waals surface area contributed by atoms with E-state index in [-0.39, 0.29) is 12.0 Å². The van der Waals surface area contributed by atoms with Gasteiger partial charge in [-0.2, -0.15) is 0 Å². The minimum atomic E-state index is -0.00519. The Kier molecular flexibility index (Phi) is 5.65. The van der Waals surface area contributed by atoms with Gasteiger partial charge in [0.25, 0.3) is 0 Å². The molecule has 0 radical (unpaired) electrons. The van der Waals surface area contributed by atoms with Gasteiger partial charge < -0.3 is 10.1 Å². The van der Waals surface area contributed by atoms with Gasteiger partial charge in [0.2, 0.25) is 11.1 Å². The maximum Gasteiger partial charge on any atom is 0.230 e. The van der Waals surface area contributed by atoms with Crippen LogP contribution in [0.3, 0.4) is 0 Å². The highest BCUT2D eigenvalue weighted by Crippen LogP contribution is 2.26. The van der Waals surface area contributed by atoms with E-state index in [4.69, 9.17) is 4.74 Å². The van der Waals surface area contributed by atoms with E-state index in [1.54, 1.807) is 0 Å². The van der Waals surface area contributed by atoms with E-state index in [1.165, 1.54) is 17.3 Å². The summed E-state index contributed by atoms with van der Waals surface area (Å²) >= 11 is 1.33. The van der Waals surface area contributed by atoms with Crippen LogP contribution >= 0.6 is 11.8 Å². The number of benzene rings is 1. The first-order valence-corrected chi connectivity index (χ1v) is 8.77. The number of amides is 1. The van der Waals surface area contributed by atoms with E-state index >= 15 is 0 Å². The molecule has 1 aliphatic rings. The monoisotopic (exact) mass is 332 g/mol. The third-order valence-electron chi connectivity index (χ3n) is 3.63. The zero-order valence-electron chi connectivity index (χ0n) is 12.8. The Morgan fingerprint density at radius 2 is 2.26 bits per heavy atom. The van der Waals surface area contributed by atoms with Crippen LogP contribution in [-0.2, 0) is 16.0 Å². The highest BCUT2D eigenvalue weighted by Gasteiger charge is 2.21. The van der Waals surface area contributed by atoms with Gasteiger partial charge in [-0.1, -0.05) is 42.1 Å². The highest BCUT2D eigenvalue weighted by molar-refractivity contribution is 7.99. The van der Waals surface area contributed by atoms with E-state index in [2.05, 4.69) is 32.6 Å². The Bertz CT molecular complexity index is 626. The highest BCUT2D eigenvalue weighted by atomic mass is 32.2. The molecule has 7 heteroatoms. The summed E-state index contributed by atoms with van der Waals surface area (Å²) in [6.07, 6.45) is 2.88. The molecule has 6 nitrogen and oxygen atoms in total. The van der Waals surface area contributed by atoms with Crippen LogP contribution in [0.4, 0.5) is 0 Å². The van der Waals surface area contributed by atoms with Crippen LogP contribution in [0.1, 0.15) is 30.3 Å². The van der Waals surface area contributed by atoms with Crippen LogP contribution in [0, 0.1) is 0 Å². The summed E-state index contributed by atoms with van der Waals surface area (Å²) < 4.78 is 5.55. The fourth-order valence-electron chi connectivity index (χ4n) is 2.43. The number of carbonyl (C=O) groups is 1. The number of hydrogen-bond acceptors (Lipinski definition) is 5. The predicted octanol–water partition coefficient (Wildman–Crippen LogP) is 2.11. The molecular weight excluding hydrogens is 312 g/mol. The minimum absolute atomic E-state index is 0.00519. The Hall–Kier alpha value is -1.86. The molecule has 0 spiro atoms. The minimum Gasteiger partial charge on any atom is -0.370 e. The second-order valence-electron chi connectivity index (χ2n) is 5.38. The van der Waals surface area contributed by atoms with Gasteiger partial charge in [-0.25, -0.2) is 4.98 Å². The molecule has 0 bridgehead atoms. The third kappa shape index (κ3) is 4.80. The van der Waals surface area contributed by atoms with Crippen molar-refractivity contribution in [2.45, 2.75) is 30.5 Å². The molecule has 0 aliphatic carbocycles. The third-order valence-corrected chi connectivity index (χ3v) is 4.48. The zero-order chi connectivity index (χ0) is 15.9. The molecule has 1 aromatic carbocycles. The quantitative estimate of drug-likeness (QED) is 0.759. The number of nitrogens with one attached hydrogen (secondary N) is 2. The Balaban J connectivity index is 1.37. The number of hydrogen-bond donors (Lipinski definition) is 2. The van der Waals surface area contributed by atoms with E-state index in [0.29, 0.717) is 17.5 Å². The van der Waals surface area contributed by atoms with Crippen molar-refractivity contribution in [2.75, 3.05) is 18.9 Å². The van der Waals surface area contributed by atoms with E-state index in [9.17, 15) is 4.79 Å². The number of ether oxygens (including phenoxy) is 1. The molecule has 3 rings (SSSR count). The normalized spacial score (nSPS) is 17.3. The number of H-pyrrole nitrogens is 1. The lowest BCUT2D eigenvalue weighted by atomic mass is 10.1. The molecule has 1 saturated heterocycles. The summed E-state index contributed by atoms with van der Waals surface area (Å²) in [5, 5.41) is 10.5. The van der Waals surface area contributed by atoms with Crippen LogP contribution in [0.15, 0.2) is 35.5 Å². The van der Waals surface area contributed by atoms with Crippen LogP contribution < -0.4 is 5.32 Å². The lowest BCUT2D eigenvalue weighted by Crippen LogP contribution is -2.27. The van der Waals surface area contributed by atoms with Crippen LogP contribution in [0.5, 0.6) is 0 Å². The van der Waals surface area contributed by atoms with Crippen molar-refractivity contribution >= 4 is 17.7 Å². The molecule has 1 aromatic heterocycles. The summed E-state index contributed by atoms with van der Waals surface area (Å²) in [6.45, 7) is 1.41. The Labute approximate surface area is 139 Å². The summed E-state index contributed by atoms with van der Waals surface area (Å²) in [5.74, 6) is 1.07. The van der Waals surface area contributed by atoms with E-state index in [0.717, 1.165) is 31.7 Å². The molecule has 2 heterocycles. The van der Waals surface area contributed by atoms with Crippen molar-refractivity contribution in [3.63, 3.8) is 0 Å². The van der Waals surface area contributed by atoms with Gasteiger partial charge in [0.15, 0.2) is 5.82 Å². The summed E-state index contributed by atoms with van der Waals surface area (Å²) in [7, 11) is 0. The van der Waals surface area contributed by atoms with Gasteiger partial charge in [-0.05, 0) is 24.8 Å². The average molecular weight is 332 g/mol. The predicted molar refractivity (Wildman–Crippen MR) is 88.2 cm³/mol. The van der Waals surface area contributed by atoms with Gasteiger partial charge >= 0.3 is 0 Å². The number of carbonyl (C=O) groups excluding carboxylic acids is 1. The smallest absolute Gasteiger partial charge is 0.230 e. The molecule has 1 amide bonds. The zero-order valence-corrected chi connectivity index (χ0v) is 13.6. The van der Waals surface area contributed by atoms with Crippen LogP contribution in [-0.4, -0.2) is 40.0 Å². The Morgan fingerprint density at radius 3 is 3.04 bits per heavy atom. The number of aromatic nitrogens is 3. The average Bonchev–Trinajstić information content (AvgIpc) is 3.25. The fourth-order valence-corrected chi connectivity index (χ4v) is 3.07. The molecule has 1 unspecified atom stereocenters. The number of thioether (sulfide) groups is 1. The molecule has 0 saturated carbocycles. The van der Waals surface area contributed by atoms with Crippen molar-refractivity contribution in [1.82, 2.24) is 20.5 Å². The molecule has 2 N–H and O–H groups in total. The van der Waals surface area contributed by atoms with Crippen molar-refractivity contribution in [2.24, 2.45) is 0 Å². The lowest BCUT2D eigenvalue weighted by molar-refractivity contribution is -0.118. The van der Waals surface area contributed by atoms with Crippen molar-refractivity contribution in [3.05, 3.63) is 41.7 Å². The van der Waals surface area contributed by atoms with E-state index in [1.807, 2.05) is 18.2 Å². The van der Waals surface area contributed by atoms with Crippen molar-refractivity contribution in [3.8, 4) is 0 Å². The van der Waals surface area contributed by atoms with Gasteiger partial charge in [-0.15, -0.1) is 5.10 Å². The first-order chi connectivity index (χ1) is 11.3. The largest absolute Gasteiger partial charge is 0.370 e. The summed E-state index contributed by atoms with van der Waals surface area (Å²) in [5.41, 5.74) is 1.22. The van der Waals surface area contributed by atoms with Gasteiger partial charge in [-0.3, -0.25) is 9.89 Å². The summed E-state index contributed by atoms with van der Waals surface area (Å²) in [6, 6.07) is 10.1. The van der Waals surface area contributed by atoms with E-state index < -0.39 is 0 Å². The fraction of sp³-hybridized carbons (Fsp3) is 0.438. The standard InChI is InChI=1S/C16H20N4O2S/c21-14(17-9-8-12-5-2-1-3-6-12)11-23-16-18-15(19-20-16)13-7-4-10-22-13/h1-3,5-6,13H,4,7-11H2,(H,17,21)(H,18,19,20). The van der Waals surface area contributed by atoms with Crippen molar-refractivity contribution < 1.29 is 9.53 Å². The molecule has 122 valence electrons. The number of aromatic amines is 1. The van der Waals surface area contributed by atoms with Gasteiger partial charge in [0.05, 0.1) is 5.75 Å². The van der Waals surface area contributed by atoms with Crippen molar-refractivity contribution in [1.29, 1.82) is 0 Å². The number of rotatable bonds is 7. The molecule has 1 atom stereocenters. The Morgan fingerprint density at radius 1 is 1.39 bits per heavy atom. The summed E-state index contributed by atoms with van der Waals surface area (Å²) in [4.78, 5) is 16.2.